The molecule has 3 heteroatoms. The maximum atomic E-state index is 5.34. The van der Waals surface area contributed by atoms with Gasteiger partial charge in [-0.25, -0.2) is 9.97 Å². The summed E-state index contributed by atoms with van der Waals surface area (Å²) in [7, 11) is 0. The first kappa shape index (κ1) is 31.1. The fraction of sp³-hybridized carbons (Fsp3) is 0.0588. The van der Waals surface area contributed by atoms with Gasteiger partial charge < -0.3 is 0 Å². The Bertz CT molecular complexity index is 3130. The molecule has 0 saturated heterocycles. The molecule has 0 N–H and O–H groups in total. The third kappa shape index (κ3) is 4.79. The number of nitrogens with zero attached hydrogens (tertiary/aromatic N) is 2. The summed E-state index contributed by atoms with van der Waals surface area (Å²) in [5.74, 6) is 0.736. The number of aromatic nitrogens is 2. The highest BCUT2D eigenvalue weighted by atomic mass is 32.1. The first-order chi connectivity index (χ1) is 26.5. The van der Waals surface area contributed by atoms with Crippen molar-refractivity contribution < 1.29 is 0 Å². The molecule has 1 aliphatic rings. The number of hydrogen-bond donors (Lipinski definition) is 0. The van der Waals surface area contributed by atoms with E-state index in [0.717, 1.165) is 33.9 Å². The topological polar surface area (TPSA) is 25.8 Å². The van der Waals surface area contributed by atoms with Gasteiger partial charge in [0.05, 0.1) is 11.4 Å². The van der Waals surface area contributed by atoms with Crippen LogP contribution in [0.4, 0.5) is 0 Å². The number of benzene rings is 8. The molecule has 10 aromatic rings. The van der Waals surface area contributed by atoms with Gasteiger partial charge in [0.25, 0.3) is 0 Å². The van der Waals surface area contributed by atoms with Crippen molar-refractivity contribution >= 4 is 53.1 Å². The Morgan fingerprint density at radius 1 is 0.426 bits per heavy atom. The molecule has 254 valence electrons. The van der Waals surface area contributed by atoms with Crippen LogP contribution in [0.25, 0.3) is 97.9 Å². The summed E-state index contributed by atoms with van der Waals surface area (Å²) in [5.41, 5.74) is 12.7. The largest absolute Gasteiger partial charge is 0.228 e. The van der Waals surface area contributed by atoms with Gasteiger partial charge >= 0.3 is 0 Å². The van der Waals surface area contributed by atoms with E-state index in [1.807, 2.05) is 11.3 Å². The Labute approximate surface area is 318 Å². The highest BCUT2D eigenvalue weighted by Crippen LogP contribution is 2.50. The summed E-state index contributed by atoms with van der Waals surface area (Å²) in [5, 5.41) is 7.59. The molecule has 2 heterocycles. The third-order valence-corrected chi connectivity index (χ3v) is 12.7. The van der Waals surface area contributed by atoms with Crippen LogP contribution >= 0.6 is 11.3 Å². The van der Waals surface area contributed by atoms with Gasteiger partial charge in [0.2, 0.25) is 0 Å². The van der Waals surface area contributed by atoms with Crippen molar-refractivity contribution in [3.63, 3.8) is 0 Å². The molecular weight excluding hydrogens is 673 g/mol. The molecule has 8 aromatic carbocycles. The highest BCUT2D eigenvalue weighted by Gasteiger charge is 2.35. The first-order valence-electron chi connectivity index (χ1n) is 18.6. The number of rotatable bonds is 4. The SMILES string of the molecule is CC1(C)c2ccccc2-c2ccc(-c3nc(-c4ccccc4)cc(-c4ccc5sc6c(-c7ccc8ccccc8c7)cc7ccccc7c6c5c4)n3)cc21. The molecule has 0 unspecified atom stereocenters. The summed E-state index contributed by atoms with van der Waals surface area (Å²) < 4.78 is 2.58. The van der Waals surface area contributed by atoms with Crippen molar-refractivity contribution in [3.8, 4) is 56.2 Å². The van der Waals surface area contributed by atoms with Crippen molar-refractivity contribution in [2.75, 3.05) is 0 Å². The lowest BCUT2D eigenvalue weighted by Crippen LogP contribution is -2.15. The Kier molecular flexibility index (Phi) is 6.80. The minimum atomic E-state index is -0.110. The maximum Gasteiger partial charge on any atom is 0.160 e. The van der Waals surface area contributed by atoms with Gasteiger partial charge in [-0.3, -0.25) is 0 Å². The van der Waals surface area contributed by atoms with Gasteiger partial charge in [0.1, 0.15) is 0 Å². The van der Waals surface area contributed by atoms with Crippen molar-refractivity contribution in [1.29, 1.82) is 0 Å². The zero-order valence-corrected chi connectivity index (χ0v) is 30.8. The quantitative estimate of drug-likeness (QED) is 0.182. The molecule has 0 radical (unpaired) electrons. The number of fused-ring (bicyclic) bond motifs is 9. The second kappa shape index (κ2) is 11.8. The van der Waals surface area contributed by atoms with Crippen molar-refractivity contribution in [2.45, 2.75) is 19.3 Å². The smallest absolute Gasteiger partial charge is 0.160 e. The molecule has 2 nitrogen and oxygen atoms in total. The normalized spacial score (nSPS) is 13.1. The predicted octanol–water partition coefficient (Wildman–Crippen LogP) is 14.1. The van der Waals surface area contributed by atoms with Crippen molar-refractivity contribution in [3.05, 3.63) is 181 Å². The van der Waals surface area contributed by atoms with E-state index >= 15 is 0 Å². The Hall–Kier alpha value is -6.42. The maximum absolute atomic E-state index is 5.34. The van der Waals surface area contributed by atoms with Crippen LogP contribution in [0.3, 0.4) is 0 Å². The molecule has 11 rings (SSSR count). The van der Waals surface area contributed by atoms with E-state index in [4.69, 9.17) is 9.97 Å². The van der Waals surface area contributed by atoms with Crippen LogP contribution in [0.2, 0.25) is 0 Å². The predicted molar refractivity (Wildman–Crippen MR) is 229 cm³/mol. The Morgan fingerprint density at radius 3 is 1.98 bits per heavy atom. The van der Waals surface area contributed by atoms with E-state index in [1.165, 1.54) is 75.1 Å². The summed E-state index contributed by atoms with van der Waals surface area (Å²) in [6.45, 7) is 4.65. The molecule has 1 aliphatic carbocycles. The first-order valence-corrected chi connectivity index (χ1v) is 19.4. The van der Waals surface area contributed by atoms with Gasteiger partial charge in [-0.2, -0.15) is 0 Å². The Morgan fingerprint density at radius 2 is 1.11 bits per heavy atom. The molecule has 0 atom stereocenters. The molecule has 0 fully saturated rings. The minimum Gasteiger partial charge on any atom is -0.228 e. The van der Waals surface area contributed by atoms with Gasteiger partial charge in [-0.15, -0.1) is 11.3 Å². The monoisotopic (exact) mass is 706 g/mol. The van der Waals surface area contributed by atoms with Crippen LogP contribution in [-0.4, -0.2) is 9.97 Å². The number of hydrogen-bond acceptors (Lipinski definition) is 3. The molecule has 0 aliphatic heterocycles. The lowest BCUT2D eigenvalue weighted by molar-refractivity contribution is 0.660. The van der Waals surface area contributed by atoms with E-state index in [-0.39, 0.29) is 5.41 Å². The summed E-state index contributed by atoms with van der Waals surface area (Å²) in [4.78, 5) is 10.6. The third-order valence-electron chi connectivity index (χ3n) is 11.5. The molecule has 0 bridgehead atoms. The second-order valence-electron chi connectivity index (χ2n) is 15.0. The average molecular weight is 707 g/mol. The van der Waals surface area contributed by atoms with Gasteiger partial charge in [0, 0.05) is 47.8 Å². The van der Waals surface area contributed by atoms with Crippen molar-refractivity contribution in [1.82, 2.24) is 9.97 Å². The van der Waals surface area contributed by atoms with Crippen LogP contribution in [0, 0.1) is 0 Å². The van der Waals surface area contributed by atoms with E-state index in [0.29, 0.717) is 0 Å². The van der Waals surface area contributed by atoms with Gasteiger partial charge in [0.15, 0.2) is 5.82 Å². The minimum absolute atomic E-state index is 0.110. The number of thiophene rings is 1. The van der Waals surface area contributed by atoms with E-state index in [2.05, 4.69) is 184 Å². The highest BCUT2D eigenvalue weighted by molar-refractivity contribution is 7.26. The van der Waals surface area contributed by atoms with E-state index in [1.54, 1.807) is 0 Å². The van der Waals surface area contributed by atoms with Gasteiger partial charge in [-0.05, 0) is 85.8 Å². The van der Waals surface area contributed by atoms with Crippen LogP contribution < -0.4 is 0 Å². The van der Waals surface area contributed by atoms with Gasteiger partial charge in [-0.1, -0.05) is 147 Å². The standard InChI is InChI=1S/C51H34N2S/c1-51(2)43-19-11-10-18-39(43)40-24-22-37(29-44(40)51)50-52-45(32-13-4-3-5-14-32)30-46(53-50)36-23-25-47-42(28-36)48-38-17-9-8-16-34(38)27-41(49(48)54-47)35-21-20-31-12-6-7-15-33(31)26-35/h3-30H,1-2H3. The van der Waals surface area contributed by atoms with Crippen LogP contribution in [0.1, 0.15) is 25.0 Å². The molecular formula is C51H34N2S. The van der Waals surface area contributed by atoms with Crippen molar-refractivity contribution in [2.24, 2.45) is 0 Å². The Balaban J connectivity index is 1.11. The summed E-state index contributed by atoms with van der Waals surface area (Å²) >= 11 is 1.88. The zero-order chi connectivity index (χ0) is 36.0. The molecule has 54 heavy (non-hydrogen) atoms. The zero-order valence-electron chi connectivity index (χ0n) is 30.0. The molecule has 0 amide bonds. The van der Waals surface area contributed by atoms with E-state index in [9.17, 15) is 0 Å². The fourth-order valence-corrected chi connectivity index (χ4v) is 9.92. The second-order valence-corrected chi connectivity index (χ2v) is 16.0. The van der Waals surface area contributed by atoms with Crippen LogP contribution in [0.5, 0.6) is 0 Å². The van der Waals surface area contributed by atoms with Crippen LogP contribution in [0.15, 0.2) is 170 Å². The molecule has 0 saturated carbocycles. The average Bonchev–Trinajstić information content (AvgIpc) is 3.72. The van der Waals surface area contributed by atoms with Crippen LogP contribution in [-0.2, 0) is 5.41 Å². The molecule has 0 spiro atoms. The lowest BCUT2D eigenvalue weighted by Gasteiger charge is -2.21. The molecule has 2 aromatic heterocycles. The summed E-state index contributed by atoms with van der Waals surface area (Å²) in [6.07, 6.45) is 0. The fourth-order valence-electron chi connectivity index (χ4n) is 8.68. The van der Waals surface area contributed by atoms with E-state index < -0.39 is 0 Å². The lowest BCUT2D eigenvalue weighted by atomic mass is 9.82. The summed E-state index contributed by atoms with van der Waals surface area (Å²) in [6, 6.07) is 61.7.